The average molecular weight is 400 g/mol. The Morgan fingerprint density at radius 3 is 2.43 bits per heavy atom. The van der Waals surface area contributed by atoms with Crippen LogP contribution >= 0.6 is 0 Å². The Morgan fingerprint density at radius 2 is 1.71 bits per heavy atom. The van der Waals surface area contributed by atoms with Gasteiger partial charge in [0.2, 0.25) is 10.0 Å². The highest BCUT2D eigenvalue weighted by atomic mass is 32.2. The normalized spacial score (nSPS) is 16.6. The van der Waals surface area contributed by atoms with E-state index in [1.165, 1.54) is 0 Å². The van der Waals surface area contributed by atoms with Crippen LogP contribution in [0.3, 0.4) is 0 Å². The number of piperidine rings is 1. The van der Waals surface area contributed by atoms with Crippen molar-refractivity contribution < 1.29 is 13.2 Å². The minimum atomic E-state index is -3.43. The number of imidazole rings is 1. The van der Waals surface area contributed by atoms with Crippen molar-refractivity contribution in [3.8, 4) is 0 Å². The Labute approximate surface area is 165 Å². The second-order valence-electron chi connectivity index (χ2n) is 7.09. The van der Waals surface area contributed by atoms with Crippen LogP contribution in [-0.2, 0) is 21.3 Å². The van der Waals surface area contributed by atoms with Crippen LogP contribution in [0, 0.1) is 0 Å². The third kappa shape index (κ3) is 3.57. The highest BCUT2D eigenvalue weighted by Gasteiger charge is 2.31. The summed E-state index contributed by atoms with van der Waals surface area (Å²) in [5, 5.41) is 0. The number of rotatable bonds is 6. The largest absolute Gasteiger partial charge is 0.383 e. The zero-order valence-electron chi connectivity index (χ0n) is 16.0. The monoisotopic (exact) mass is 399 g/mol. The Bertz CT molecular complexity index is 1040. The molecule has 1 aliphatic heterocycles. The van der Waals surface area contributed by atoms with Crippen molar-refractivity contribution in [1.82, 2.24) is 13.9 Å². The topological polar surface area (TPSA) is 64.4 Å². The van der Waals surface area contributed by atoms with E-state index >= 15 is 0 Å². The van der Waals surface area contributed by atoms with Gasteiger partial charge in [-0.15, -0.1) is 0 Å². The highest BCUT2D eigenvalue weighted by molar-refractivity contribution is 7.89. The first-order valence-electron chi connectivity index (χ1n) is 9.60. The number of nitrogens with zero attached hydrogens (tertiary/aromatic N) is 3. The molecule has 0 aliphatic carbocycles. The molecule has 1 aliphatic rings. The summed E-state index contributed by atoms with van der Waals surface area (Å²) in [6.07, 6.45) is 1.53. The molecule has 0 amide bonds. The molecule has 0 spiro atoms. The van der Waals surface area contributed by atoms with Crippen molar-refractivity contribution in [2.75, 3.05) is 26.8 Å². The lowest BCUT2D eigenvalue weighted by Gasteiger charge is -2.31. The summed E-state index contributed by atoms with van der Waals surface area (Å²) in [6.45, 7) is 2.38. The number of sulfonamides is 1. The molecule has 2 heterocycles. The van der Waals surface area contributed by atoms with E-state index in [1.807, 2.05) is 24.3 Å². The Hall–Kier alpha value is -2.22. The molecule has 1 fully saturated rings. The molecule has 2 aromatic carbocycles. The predicted octanol–water partition coefficient (Wildman–Crippen LogP) is 3.25. The maximum absolute atomic E-state index is 12.9. The molecule has 7 heteroatoms. The fraction of sp³-hybridized carbons (Fsp3) is 0.381. The minimum Gasteiger partial charge on any atom is -0.383 e. The maximum atomic E-state index is 12.9. The number of benzene rings is 2. The Morgan fingerprint density at radius 1 is 1.04 bits per heavy atom. The van der Waals surface area contributed by atoms with Gasteiger partial charge in [0.1, 0.15) is 5.82 Å². The number of aromatic nitrogens is 2. The third-order valence-corrected chi connectivity index (χ3v) is 7.32. The fourth-order valence-electron chi connectivity index (χ4n) is 3.92. The summed E-state index contributed by atoms with van der Waals surface area (Å²) in [4.78, 5) is 5.24. The Kier molecular flexibility index (Phi) is 5.48. The van der Waals surface area contributed by atoms with Gasteiger partial charge in [-0.05, 0) is 37.1 Å². The summed E-state index contributed by atoms with van der Waals surface area (Å²) in [6, 6.07) is 16.8. The van der Waals surface area contributed by atoms with E-state index in [2.05, 4.69) is 10.6 Å². The van der Waals surface area contributed by atoms with Gasteiger partial charge in [-0.3, -0.25) is 0 Å². The van der Waals surface area contributed by atoms with Crippen molar-refractivity contribution in [3.05, 3.63) is 60.4 Å². The fourth-order valence-corrected chi connectivity index (χ4v) is 5.41. The summed E-state index contributed by atoms with van der Waals surface area (Å²) in [5.74, 6) is 1.28. The summed E-state index contributed by atoms with van der Waals surface area (Å²) in [7, 11) is -1.73. The van der Waals surface area contributed by atoms with Crippen LogP contribution in [0.15, 0.2) is 59.5 Å². The molecule has 0 atom stereocenters. The molecule has 148 valence electrons. The van der Waals surface area contributed by atoms with Crippen molar-refractivity contribution >= 4 is 21.1 Å². The number of para-hydroxylation sites is 2. The van der Waals surface area contributed by atoms with Gasteiger partial charge in [-0.2, -0.15) is 4.31 Å². The molecule has 28 heavy (non-hydrogen) atoms. The van der Waals surface area contributed by atoms with E-state index in [0.29, 0.717) is 24.6 Å². The van der Waals surface area contributed by atoms with Crippen LogP contribution in [0.1, 0.15) is 24.6 Å². The second kappa shape index (κ2) is 8.03. The minimum absolute atomic E-state index is 0.242. The lowest BCUT2D eigenvalue weighted by Crippen LogP contribution is -2.38. The molecule has 0 radical (unpaired) electrons. The molecule has 0 N–H and O–H groups in total. The van der Waals surface area contributed by atoms with Crippen LogP contribution in [0.25, 0.3) is 11.0 Å². The molecule has 4 rings (SSSR count). The zero-order chi connectivity index (χ0) is 19.6. The van der Waals surface area contributed by atoms with E-state index in [4.69, 9.17) is 9.72 Å². The maximum Gasteiger partial charge on any atom is 0.243 e. The van der Waals surface area contributed by atoms with Gasteiger partial charge in [0.05, 0.1) is 22.5 Å². The van der Waals surface area contributed by atoms with E-state index in [9.17, 15) is 8.42 Å². The number of hydrogen-bond acceptors (Lipinski definition) is 4. The lowest BCUT2D eigenvalue weighted by atomic mass is 9.97. The average Bonchev–Trinajstić information content (AvgIpc) is 3.11. The van der Waals surface area contributed by atoms with Crippen molar-refractivity contribution in [3.63, 3.8) is 0 Å². The zero-order valence-corrected chi connectivity index (χ0v) is 16.8. The van der Waals surface area contributed by atoms with Crippen LogP contribution in [0.5, 0.6) is 0 Å². The van der Waals surface area contributed by atoms with Gasteiger partial charge in [-0.1, -0.05) is 30.3 Å². The summed E-state index contributed by atoms with van der Waals surface area (Å²) >= 11 is 0. The molecule has 3 aromatic rings. The third-order valence-electron chi connectivity index (χ3n) is 5.40. The number of methoxy groups -OCH3 is 1. The molecule has 6 nitrogen and oxygen atoms in total. The van der Waals surface area contributed by atoms with Gasteiger partial charge in [0.15, 0.2) is 0 Å². The SMILES string of the molecule is COCCn1c(C2CCN(S(=O)(=O)c3ccccc3)CC2)nc2ccccc21. The van der Waals surface area contributed by atoms with Crippen LogP contribution in [0.4, 0.5) is 0 Å². The quantitative estimate of drug-likeness (QED) is 0.638. The van der Waals surface area contributed by atoms with E-state index in [-0.39, 0.29) is 5.92 Å². The standard InChI is InChI=1S/C21H25N3O3S/c1-27-16-15-24-20-10-6-5-9-19(20)22-21(24)17-11-13-23(14-12-17)28(25,26)18-7-3-2-4-8-18/h2-10,17H,11-16H2,1H3. The van der Waals surface area contributed by atoms with Gasteiger partial charge < -0.3 is 9.30 Å². The summed E-state index contributed by atoms with van der Waals surface area (Å²) < 4.78 is 34.8. The van der Waals surface area contributed by atoms with Crippen LogP contribution in [-0.4, -0.2) is 49.1 Å². The molecule has 1 aromatic heterocycles. The number of fused-ring (bicyclic) bond motifs is 1. The predicted molar refractivity (Wildman–Crippen MR) is 109 cm³/mol. The molecular weight excluding hydrogens is 374 g/mol. The van der Waals surface area contributed by atoms with E-state index < -0.39 is 10.0 Å². The van der Waals surface area contributed by atoms with Gasteiger partial charge in [0.25, 0.3) is 0 Å². The molecule has 1 saturated heterocycles. The van der Waals surface area contributed by atoms with Gasteiger partial charge in [0, 0.05) is 32.7 Å². The first-order chi connectivity index (χ1) is 13.6. The van der Waals surface area contributed by atoms with Crippen molar-refractivity contribution in [2.45, 2.75) is 30.2 Å². The molecular formula is C21H25N3O3S. The van der Waals surface area contributed by atoms with Crippen molar-refractivity contribution in [2.24, 2.45) is 0 Å². The number of ether oxygens (including phenoxy) is 1. The van der Waals surface area contributed by atoms with Gasteiger partial charge >= 0.3 is 0 Å². The van der Waals surface area contributed by atoms with Crippen LogP contribution in [0.2, 0.25) is 0 Å². The van der Waals surface area contributed by atoms with Crippen LogP contribution < -0.4 is 0 Å². The first kappa shape index (κ1) is 19.1. The first-order valence-corrected chi connectivity index (χ1v) is 11.0. The number of hydrogen-bond donors (Lipinski definition) is 0. The van der Waals surface area contributed by atoms with E-state index in [1.54, 1.807) is 35.7 Å². The van der Waals surface area contributed by atoms with Crippen molar-refractivity contribution in [1.29, 1.82) is 0 Å². The molecule has 0 bridgehead atoms. The summed E-state index contributed by atoms with van der Waals surface area (Å²) in [5.41, 5.74) is 2.09. The van der Waals surface area contributed by atoms with E-state index in [0.717, 1.165) is 36.2 Å². The lowest BCUT2D eigenvalue weighted by molar-refractivity contribution is 0.186. The molecule has 0 saturated carbocycles. The smallest absolute Gasteiger partial charge is 0.243 e. The molecule has 0 unspecified atom stereocenters. The second-order valence-corrected chi connectivity index (χ2v) is 9.03. The van der Waals surface area contributed by atoms with Gasteiger partial charge in [-0.25, -0.2) is 13.4 Å². The Balaban J connectivity index is 1.56. The highest BCUT2D eigenvalue weighted by Crippen LogP contribution is 2.32.